The molecule has 1 heterocycles. The molecule has 0 spiro atoms. The molecular formula is C18H28IN3OS. The molecular weight excluding hydrogens is 433 g/mol. The number of halogens is 1. The summed E-state index contributed by atoms with van der Waals surface area (Å²) in [6.07, 6.45) is 4.33. The molecule has 0 bridgehead atoms. The van der Waals surface area contributed by atoms with Gasteiger partial charge < -0.3 is 15.4 Å². The standard InChI is InChI=1S/C18H27N3OS.HI/c1-4-11-22-16-9-6-5-8-15(16)13-20-17(19-3)21-14-18(2)10-7-12-23-18;/h4-6,8-9H,1,7,10-14H2,2-3H3,(H2,19,20,21);1H. The van der Waals surface area contributed by atoms with E-state index >= 15 is 0 Å². The van der Waals surface area contributed by atoms with Crippen LogP contribution in [0.25, 0.3) is 0 Å². The molecule has 1 aliphatic heterocycles. The second-order valence-corrected chi connectivity index (χ2v) is 7.57. The molecule has 1 fully saturated rings. The number of thioether (sulfide) groups is 1. The van der Waals surface area contributed by atoms with Crippen LogP contribution in [0.2, 0.25) is 0 Å². The molecule has 0 saturated carbocycles. The molecule has 134 valence electrons. The zero-order chi connectivity index (χ0) is 16.5. The number of nitrogens with one attached hydrogen (secondary N) is 2. The van der Waals surface area contributed by atoms with Crippen molar-refractivity contribution in [3.63, 3.8) is 0 Å². The van der Waals surface area contributed by atoms with E-state index in [4.69, 9.17) is 4.74 Å². The summed E-state index contributed by atoms with van der Waals surface area (Å²) in [5.41, 5.74) is 1.11. The number of nitrogens with zero attached hydrogens (tertiary/aromatic N) is 1. The van der Waals surface area contributed by atoms with Crippen LogP contribution in [0.4, 0.5) is 0 Å². The summed E-state index contributed by atoms with van der Waals surface area (Å²) >= 11 is 2.05. The first-order valence-electron chi connectivity index (χ1n) is 8.07. The molecule has 0 amide bonds. The summed E-state index contributed by atoms with van der Waals surface area (Å²) in [6, 6.07) is 8.04. The van der Waals surface area contributed by atoms with Crippen molar-refractivity contribution in [2.75, 3.05) is 26.0 Å². The van der Waals surface area contributed by atoms with E-state index in [1.807, 2.05) is 30.0 Å². The molecule has 4 nitrogen and oxygen atoms in total. The number of ether oxygens (including phenoxy) is 1. The second-order valence-electron chi connectivity index (χ2n) is 5.89. The van der Waals surface area contributed by atoms with Crippen molar-refractivity contribution in [3.05, 3.63) is 42.5 Å². The number of hydrogen-bond acceptors (Lipinski definition) is 3. The van der Waals surface area contributed by atoms with Gasteiger partial charge in [-0.05, 0) is 31.6 Å². The van der Waals surface area contributed by atoms with Gasteiger partial charge in [0, 0.05) is 30.4 Å². The van der Waals surface area contributed by atoms with Crippen LogP contribution >= 0.6 is 35.7 Å². The Morgan fingerprint density at radius 1 is 1.42 bits per heavy atom. The average molecular weight is 461 g/mol. The fraction of sp³-hybridized carbons (Fsp3) is 0.500. The molecule has 1 atom stereocenters. The van der Waals surface area contributed by atoms with Crippen LogP contribution in [0.15, 0.2) is 41.9 Å². The molecule has 0 aromatic heterocycles. The number of rotatable bonds is 7. The van der Waals surface area contributed by atoms with Gasteiger partial charge in [-0.2, -0.15) is 11.8 Å². The van der Waals surface area contributed by atoms with E-state index in [2.05, 4.69) is 35.2 Å². The van der Waals surface area contributed by atoms with Crippen LogP contribution in [0, 0.1) is 0 Å². The highest BCUT2D eigenvalue weighted by atomic mass is 127. The Hall–Kier alpha value is -0.890. The van der Waals surface area contributed by atoms with Gasteiger partial charge in [0.1, 0.15) is 12.4 Å². The van der Waals surface area contributed by atoms with Crippen LogP contribution in [0.3, 0.4) is 0 Å². The monoisotopic (exact) mass is 461 g/mol. The molecule has 1 saturated heterocycles. The zero-order valence-corrected chi connectivity index (χ0v) is 17.7. The van der Waals surface area contributed by atoms with Crippen molar-refractivity contribution in [1.29, 1.82) is 0 Å². The quantitative estimate of drug-likeness (QED) is 0.281. The maximum absolute atomic E-state index is 5.69. The van der Waals surface area contributed by atoms with E-state index in [9.17, 15) is 0 Å². The minimum atomic E-state index is 0. The van der Waals surface area contributed by atoms with Gasteiger partial charge >= 0.3 is 0 Å². The first kappa shape index (κ1) is 21.2. The first-order valence-corrected chi connectivity index (χ1v) is 9.05. The van der Waals surface area contributed by atoms with Crippen LogP contribution < -0.4 is 15.4 Å². The van der Waals surface area contributed by atoms with Gasteiger partial charge in [0.05, 0.1) is 0 Å². The van der Waals surface area contributed by atoms with Crippen molar-refractivity contribution in [2.24, 2.45) is 4.99 Å². The Balaban J connectivity index is 0.00000288. The molecule has 24 heavy (non-hydrogen) atoms. The largest absolute Gasteiger partial charge is 0.489 e. The third-order valence-corrected chi connectivity index (χ3v) is 5.47. The van der Waals surface area contributed by atoms with Gasteiger partial charge in [-0.15, -0.1) is 24.0 Å². The number of hydrogen-bond donors (Lipinski definition) is 2. The lowest BCUT2D eigenvalue weighted by Crippen LogP contribution is -2.43. The predicted octanol–water partition coefficient (Wildman–Crippen LogP) is 3.82. The molecule has 6 heteroatoms. The molecule has 0 aliphatic carbocycles. The third kappa shape index (κ3) is 6.55. The molecule has 1 unspecified atom stereocenters. The summed E-state index contributed by atoms with van der Waals surface area (Å²) < 4.78 is 6.01. The van der Waals surface area contributed by atoms with Crippen molar-refractivity contribution < 1.29 is 4.74 Å². The summed E-state index contributed by atoms with van der Waals surface area (Å²) in [7, 11) is 1.81. The van der Waals surface area contributed by atoms with Gasteiger partial charge in [-0.3, -0.25) is 4.99 Å². The number of benzene rings is 1. The fourth-order valence-corrected chi connectivity index (χ4v) is 3.83. The van der Waals surface area contributed by atoms with Gasteiger partial charge in [-0.1, -0.05) is 30.9 Å². The lowest BCUT2D eigenvalue weighted by atomic mass is 10.1. The van der Waals surface area contributed by atoms with E-state index < -0.39 is 0 Å². The molecule has 1 aromatic carbocycles. The maximum atomic E-state index is 5.69. The van der Waals surface area contributed by atoms with Crippen LogP contribution in [0.1, 0.15) is 25.3 Å². The lowest BCUT2D eigenvalue weighted by Gasteiger charge is -2.24. The Bertz CT molecular complexity index is 545. The van der Waals surface area contributed by atoms with Gasteiger partial charge in [-0.25, -0.2) is 0 Å². The molecule has 1 aliphatic rings. The minimum Gasteiger partial charge on any atom is -0.489 e. The molecule has 1 aromatic rings. The van der Waals surface area contributed by atoms with Crippen LogP contribution in [-0.2, 0) is 6.54 Å². The normalized spacial score (nSPS) is 20.2. The third-order valence-electron chi connectivity index (χ3n) is 3.93. The summed E-state index contributed by atoms with van der Waals surface area (Å²) in [6.45, 7) is 8.14. The second kappa shape index (κ2) is 10.9. The Morgan fingerprint density at radius 3 is 2.88 bits per heavy atom. The van der Waals surface area contributed by atoms with E-state index in [0.29, 0.717) is 17.9 Å². The highest BCUT2D eigenvalue weighted by Crippen LogP contribution is 2.36. The van der Waals surface area contributed by atoms with Crippen LogP contribution in [-0.4, -0.2) is 36.7 Å². The average Bonchev–Trinajstić information content (AvgIpc) is 3.01. The van der Waals surface area contributed by atoms with E-state index in [1.54, 1.807) is 13.1 Å². The maximum Gasteiger partial charge on any atom is 0.191 e. The lowest BCUT2D eigenvalue weighted by molar-refractivity contribution is 0.358. The van der Waals surface area contributed by atoms with Gasteiger partial charge in [0.15, 0.2) is 5.96 Å². The topological polar surface area (TPSA) is 45.6 Å². The molecule has 2 N–H and O–H groups in total. The molecule has 0 radical (unpaired) electrons. The number of aliphatic imine (C=N–C) groups is 1. The SMILES string of the molecule is C=CCOc1ccccc1CNC(=NC)NCC1(C)CCCS1.I. The fourth-order valence-electron chi connectivity index (χ4n) is 2.59. The highest BCUT2D eigenvalue weighted by molar-refractivity contribution is 14.0. The van der Waals surface area contributed by atoms with Crippen molar-refractivity contribution in [1.82, 2.24) is 10.6 Å². The minimum absolute atomic E-state index is 0. The predicted molar refractivity (Wildman–Crippen MR) is 116 cm³/mol. The Morgan fingerprint density at radius 2 is 2.21 bits per heavy atom. The summed E-state index contributed by atoms with van der Waals surface area (Å²) in [5.74, 6) is 2.98. The molecule has 2 rings (SSSR count). The van der Waals surface area contributed by atoms with Crippen molar-refractivity contribution >= 4 is 41.7 Å². The van der Waals surface area contributed by atoms with Crippen LogP contribution in [0.5, 0.6) is 5.75 Å². The number of guanidine groups is 1. The van der Waals surface area contributed by atoms with E-state index in [1.165, 1.54) is 18.6 Å². The first-order chi connectivity index (χ1) is 11.2. The summed E-state index contributed by atoms with van der Waals surface area (Å²) in [4.78, 5) is 4.32. The summed E-state index contributed by atoms with van der Waals surface area (Å²) in [5, 5.41) is 6.81. The van der Waals surface area contributed by atoms with E-state index in [0.717, 1.165) is 23.8 Å². The highest BCUT2D eigenvalue weighted by Gasteiger charge is 2.29. The van der Waals surface area contributed by atoms with Gasteiger partial charge in [0.25, 0.3) is 0 Å². The van der Waals surface area contributed by atoms with E-state index in [-0.39, 0.29) is 24.0 Å². The number of para-hydroxylation sites is 1. The zero-order valence-electron chi connectivity index (χ0n) is 14.5. The van der Waals surface area contributed by atoms with Gasteiger partial charge in [0.2, 0.25) is 0 Å². The smallest absolute Gasteiger partial charge is 0.191 e. The van der Waals surface area contributed by atoms with Crippen molar-refractivity contribution in [3.8, 4) is 5.75 Å². The Labute approximate surface area is 166 Å². The Kier molecular flexibility index (Phi) is 9.58. The van der Waals surface area contributed by atoms with Crippen molar-refractivity contribution in [2.45, 2.75) is 31.1 Å².